The predicted octanol–water partition coefficient (Wildman–Crippen LogP) is 3.17. The molecule has 13 heavy (non-hydrogen) atoms. The van der Waals surface area contributed by atoms with Crippen LogP contribution in [0.3, 0.4) is 0 Å². The van der Waals surface area contributed by atoms with E-state index < -0.39 is 0 Å². The molecule has 0 unspecified atom stereocenters. The molecule has 0 aromatic heterocycles. The summed E-state index contributed by atoms with van der Waals surface area (Å²) in [7, 11) is 0. The maximum atomic E-state index is 2.44. The Morgan fingerprint density at radius 2 is 2.15 bits per heavy atom. The fraction of sp³-hybridized carbons (Fsp3) is 0.455. The first kappa shape index (κ1) is 9.10. The molecule has 0 fully saturated rings. The van der Waals surface area contributed by atoms with Crippen LogP contribution in [0.25, 0.3) is 0 Å². The van der Waals surface area contributed by atoms with E-state index >= 15 is 0 Å². The van der Waals surface area contributed by atoms with Crippen molar-refractivity contribution in [2.75, 3.05) is 6.54 Å². The van der Waals surface area contributed by atoms with E-state index in [2.05, 4.69) is 42.4 Å². The van der Waals surface area contributed by atoms with Gasteiger partial charge >= 0.3 is 0 Å². The fourth-order valence-electron chi connectivity index (χ4n) is 1.59. The third-order valence-electron chi connectivity index (χ3n) is 2.12. The third-order valence-corrected chi connectivity index (χ3v) is 3.25. The van der Waals surface area contributed by atoms with Crippen molar-refractivity contribution in [1.82, 2.24) is 4.31 Å². The van der Waals surface area contributed by atoms with Crippen LogP contribution in [0.5, 0.6) is 0 Å². The molecule has 2 rings (SSSR count). The first-order chi connectivity index (χ1) is 6.25. The Labute approximate surface area is 84.3 Å². The molecule has 0 saturated carbocycles. The van der Waals surface area contributed by atoms with Crippen LogP contribution in [-0.4, -0.2) is 10.8 Å². The second-order valence-corrected chi connectivity index (χ2v) is 5.05. The summed E-state index contributed by atoms with van der Waals surface area (Å²) < 4.78 is 2.44. The van der Waals surface area contributed by atoms with E-state index in [0.29, 0.717) is 0 Å². The van der Waals surface area contributed by atoms with Crippen LogP contribution in [-0.2, 0) is 6.54 Å². The topological polar surface area (TPSA) is 3.24 Å². The number of hydrogen-bond acceptors (Lipinski definition) is 2. The average molecular weight is 193 g/mol. The second-order valence-electron chi connectivity index (χ2n) is 3.92. The third kappa shape index (κ3) is 2.06. The summed E-state index contributed by atoms with van der Waals surface area (Å²) >= 11 is 1.90. The summed E-state index contributed by atoms with van der Waals surface area (Å²) in [5.41, 5.74) is 1.48. The number of hydrogen-bond donors (Lipinski definition) is 0. The van der Waals surface area contributed by atoms with Crippen molar-refractivity contribution in [3.05, 3.63) is 29.8 Å². The molecule has 0 bridgehead atoms. The molecule has 2 heteroatoms. The molecule has 1 aliphatic rings. The standard InChI is InChI=1S/C11H15NS/c1-9(2)7-12-8-10-5-3-4-6-11(10)13-12/h3-6,9H,7-8H2,1-2H3. The van der Waals surface area contributed by atoms with Gasteiger partial charge in [0.2, 0.25) is 0 Å². The molecule has 1 nitrogen and oxygen atoms in total. The Balaban J connectivity index is 2.05. The second kappa shape index (κ2) is 3.72. The molecule has 0 spiro atoms. The zero-order valence-electron chi connectivity index (χ0n) is 8.16. The van der Waals surface area contributed by atoms with E-state index in [1.807, 2.05) is 11.9 Å². The van der Waals surface area contributed by atoms with Crippen LogP contribution in [0.15, 0.2) is 29.2 Å². The Hall–Kier alpha value is -0.470. The zero-order chi connectivity index (χ0) is 9.26. The lowest BCUT2D eigenvalue weighted by atomic mass is 10.2. The molecule has 0 atom stereocenters. The van der Waals surface area contributed by atoms with Crippen LogP contribution in [0.4, 0.5) is 0 Å². The van der Waals surface area contributed by atoms with Crippen molar-refractivity contribution >= 4 is 11.9 Å². The van der Waals surface area contributed by atoms with Crippen molar-refractivity contribution in [3.63, 3.8) is 0 Å². The fourth-order valence-corrected chi connectivity index (χ4v) is 2.84. The highest BCUT2D eigenvalue weighted by Crippen LogP contribution is 2.35. The molecule has 0 aliphatic carbocycles. The van der Waals surface area contributed by atoms with Gasteiger partial charge in [-0.3, -0.25) is 0 Å². The summed E-state index contributed by atoms with van der Waals surface area (Å²) in [6.07, 6.45) is 0. The van der Waals surface area contributed by atoms with Gasteiger partial charge in [0.15, 0.2) is 0 Å². The minimum Gasteiger partial charge on any atom is -0.242 e. The smallest absolute Gasteiger partial charge is 0.0355 e. The van der Waals surface area contributed by atoms with Gasteiger partial charge in [-0.25, -0.2) is 4.31 Å². The van der Waals surface area contributed by atoms with E-state index in [1.54, 1.807) is 0 Å². The average Bonchev–Trinajstić information content (AvgIpc) is 2.44. The normalized spacial score (nSPS) is 16.5. The van der Waals surface area contributed by atoms with Crippen molar-refractivity contribution in [1.29, 1.82) is 0 Å². The van der Waals surface area contributed by atoms with E-state index in [0.717, 1.165) is 12.5 Å². The number of benzene rings is 1. The Bertz CT molecular complexity index is 271. The van der Waals surface area contributed by atoms with Gasteiger partial charge < -0.3 is 0 Å². The van der Waals surface area contributed by atoms with Crippen molar-refractivity contribution in [3.8, 4) is 0 Å². The van der Waals surface area contributed by atoms with Crippen LogP contribution in [0.1, 0.15) is 19.4 Å². The SMILES string of the molecule is CC(C)CN1Cc2ccccc2S1. The molecule has 0 N–H and O–H groups in total. The molecule has 1 heterocycles. The highest BCUT2D eigenvalue weighted by molar-refractivity contribution is 7.97. The van der Waals surface area contributed by atoms with E-state index in [1.165, 1.54) is 17.0 Å². The zero-order valence-corrected chi connectivity index (χ0v) is 8.97. The molecule has 70 valence electrons. The lowest BCUT2D eigenvalue weighted by Crippen LogP contribution is -2.16. The van der Waals surface area contributed by atoms with E-state index in [-0.39, 0.29) is 0 Å². The molecular weight excluding hydrogens is 178 g/mol. The molecule has 0 saturated heterocycles. The quantitative estimate of drug-likeness (QED) is 0.664. The van der Waals surface area contributed by atoms with Gasteiger partial charge in [-0.1, -0.05) is 32.0 Å². The van der Waals surface area contributed by atoms with Gasteiger partial charge in [-0.15, -0.1) is 0 Å². The summed E-state index contributed by atoms with van der Waals surface area (Å²) in [6.45, 7) is 6.82. The van der Waals surface area contributed by atoms with Gasteiger partial charge in [0.1, 0.15) is 0 Å². The summed E-state index contributed by atoms with van der Waals surface area (Å²) in [4.78, 5) is 1.43. The first-order valence-corrected chi connectivity index (χ1v) is 5.54. The van der Waals surface area contributed by atoms with Gasteiger partial charge in [-0.2, -0.15) is 0 Å². The van der Waals surface area contributed by atoms with Gasteiger partial charge in [0.05, 0.1) is 0 Å². The largest absolute Gasteiger partial charge is 0.242 e. The molecule has 1 aromatic carbocycles. The van der Waals surface area contributed by atoms with E-state index in [9.17, 15) is 0 Å². The molecule has 0 amide bonds. The maximum absolute atomic E-state index is 2.44. The Kier molecular flexibility index (Phi) is 2.61. The van der Waals surface area contributed by atoms with Crippen molar-refractivity contribution < 1.29 is 0 Å². The van der Waals surface area contributed by atoms with Crippen LogP contribution >= 0.6 is 11.9 Å². The Morgan fingerprint density at radius 1 is 1.38 bits per heavy atom. The van der Waals surface area contributed by atoms with E-state index in [4.69, 9.17) is 0 Å². The van der Waals surface area contributed by atoms with Crippen molar-refractivity contribution in [2.45, 2.75) is 25.3 Å². The number of rotatable bonds is 2. The van der Waals surface area contributed by atoms with Gasteiger partial charge in [-0.05, 0) is 29.5 Å². The minimum atomic E-state index is 0.752. The monoisotopic (exact) mass is 193 g/mol. The van der Waals surface area contributed by atoms with Gasteiger partial charge in [0, 0.05) is 18.0 Å². The molecule has 0 radical (unpaired) electrons. The maximum Gasteiger partial charge on any atom is 0.0355 e. The summed E-state index contributed by atoms with van der Waals surface area (Å²) in [6, 6.07) is 8.67. The van der Waals surface area contributed by atoms with Crippen LogP contribution < -0.4 is 0 Å². The number of nitrogens with zero attached hydrogens (tertiary/aromatic N) is 1. The highest BCUT2D eigenvalue weighted by atomic mass is 32.2. The van der Waals surface area contributed by atoms with Crippen LogP contribution in [0, 0.1) is 5.92 Å². The molecular formula is C11H15NS. The lowest BCUT2D eigenvalue weighted by molar-refractivity contribution is 0.411. The minimum absolute atomic E-state index is 0.752. The van der Waals surface area contributed by atoms with Crippen LogP contribution in [0.2, 0.25) is 0 Å². The summed E-state index contributed by atoms with van der Waals surface area (Å²) in [5, 5.41) is 0. The lowest BCUT2D eigenvalue weighted by Gasteiger charge is -2.15. The Morgan fingerprint density at radius 3 is 2.85 bits per heavy atom. The highest BCUT2D eigenvalue weighted by Gasteiger charge is 2.19. The first-order valence-electron chi connectivity index (χ1n) is 4.76. The summed E-state index contributed by atoms with van der Waals surface area (Å²) in [5.74, 6) is 0.752. The van der Waals surface area contributed by atoms with Gasteiger partial charge in [0.25, 0.3) is 0 Å². The molecule has 1 aliphatic heterocycles. The molecule has 1 aromatic rings. The van der Waals surface area contributed by atoms with Crippen molar-refractivity contribution in [2.24, 2.45) is 5.92 Å². The predicted molar refractivity (Wildman–Crippen MR) is 57.5 cm³/mol. The number of fused-ring (bicyclic) bond motifs is 1.